The van der Waals surface area contributed by atoms with E-state index in [4.69, 9.17) is 4.74 Å². The van der Waals surface area contributed by atoms with Crippen molar-refractivity contribution in [3.8, 4) is 0 Å². The molecule has 3 rings (SSSR count). The molecule has 174 valence electrons. The number of hydrogen-bond donors (Lipinski definition) is 2. The van der Waals surface area contributed by atoms with Crippen LogP contribution in [0.2, 0.25) is 0 Å². The average Bonchev–Trinajstić information content (AvgIpc) is 3.29. The van der Waals surface area contributed by atoms with Gasteiger partial charge < -0.3 is 20.3 Å². The molecule has 1 aliphatic heterocycles. The third-order valence-corrected chi connectivity index (χ3v) is 7.04. The molecule has 6 nitrogen and oxygen atoms in total. The predicted octanol–water partition coefficient (Wildman–Crippen LogP) is 3.35. The first-order valence-corrected chi connectivity index (χ1v) is 12.2. The minimum atomic E-state index is 0.384. The van der Waals surface area contributed by atoms with Gasteiger partial charge >= 0.3 is 0 Å². The summed E-state index contributed by atoms with van der Waals surface area (Å²) in [6, 6.07) is 10.8. The van der Waals surface area contributed by atoms with Crippen LogP contribution in [0, 0.1) is 5.41 Å². The standard InChI is InChI=1S/C25H43N5O/c1-26-24(28-22-25(14-21-31-2)12-6-7-13-25)27-15-8-9-16-29-17-19-30(20-18-29)23-10-4-3-5-11-23/h3-5,10-11H,6-9,12-22H2,1-2H3,(H2,26,27,28). The Bertz CT molecular complexity index is 637. The third kappa shape index (κ3) is 7.69. The topological polar surface area (TPSA) is 52.1 Å². The van der Waals surface area contributed by atoms with Gasteiger partial charge in [-0.15, -0.1) is 0 Å². The Morgan fingerprint density at radius 2 is 1.77 bits per heavy atom. The van der Waals surface area contributed by atoms with Gasteiger partial charge in [-0.2, -0.15) is 0 Å². The summed E-state index contributed by atoms with van der Waals surface area (Å²) in [5.41, 5.74) is 1.74. The van der Waals surface area contributed by atoms with E-state index in [2.05, 4.69) is 55.8 Å². The minimum absolute atomic E-state index is 0.384. The molecule has 1 saturated carbocycles. The summed E-state index contributed by atoms with van der Waals surface area (Å²) in [7, 11) is 3.68. The second kappa shape index (κ2) is 12.9. The normalized spacial score (nSPS) is 19.5. The van der Waals surface area contributed by atoms with Gasteiger partial charge in [-0.3, -0.25) is 9.89 Å². The molecule has 0 amide bonds. The number of para-hydroxylation sites is 1. The van der Waals surface area contributed by atoms with Crippen LogP contribution < -0.4 is 15.5 Å². The van der Waals surface area contributed by atoms with Gasteiger partial charge in [-0.1, -0.05) is 31.0 Å². The van der Waals surface area contributed by atoms with Crippen LogP contribution >= 0.6 is 0 Å². The number of benzene rings is 1. The molecule has 31 heavy (non-hydrogen) atoms. The van der Waals surface area contributed by atoms with Crippen LogP contribution in [0.1, 0.15) is 44.9 Å². The highest BCUT2D eigenvalue weighted by molar-refractivity contribution is 5.79. The number of nitrogens with one attached hydrogen (secondary N) is 2. The van der Waals surface area contributed by atoms with E-state index in [-0.39, 0.29) is 0 Å². The van der Waals surface area contributed by atoms with Crippen molar-refractivity contribution < 1.29 is 4.74 Å². The molecule has 0 spiro atoms. The molecule has 2 N–H and O–H groups in total. The molecule has 2 fully saturated rings. The first kappa shape index (κ1) is 23.9. The molecular weight excluding hydrogens is 386 g/mol. The number of rotatable bonds is 11. The Morgan fingerprint density at radius 3 is 2.45 bits per heavy atom. The molecule has 0 atom stereocenters. The zero-order valence-corrected chi connectivity index (χ0v) is 19.7. The molecule has 0 aromatic heterocycles. The highest BCUT2D eigenvalue weighted by Crippen LogP contribution is 2.40. The average molecular weight is 430 g/mol. The van der Waals surface area contributed by atoms with Gasteiger partial charge in [-0.05, 0) is 56.2 Å². The van der Waals surface area contributed by atoms with Gasteiger partial charge in [0.1, 0.15) is 0 Å². The van der Waals surface area contributed by atoms with Crippen molar-refractivity contribution in [2.24, 2.45) is 10.4 Å². The van der Waals surface area contributed by atoms with E-state index in [9.17, 15) is 0 Å². The molecule has 1 aromatic rings. The molecule has 6 heteroatoms. The number of anilines is 1. The summed E-state index contributed by atoms with van der Waals surface area (Å²) < 4.78 is 5.35. The van der Waals surface area contributed by atoms with Crippen molar-refractivity contribution in [2.45, 2.75) is 44.9 Å². The monoisotopic (exact) mass is 429 g/mol. The van der Waals surface area contributed by atoms with E-state index in [1.54, 1.807) is 7.11 Å². The number of hydrogen-bond acceptors (Lipinski definition) is 4. The van der Waals surface area contributed by atoms with E-state index in [0.717, 1.165) is 58.3 Å². The van der Waals surface area contributed by atoms with E-state index in [0.29, 0.717) is 5.41 Å². The van der Waals surface area contributed by atoms with Gasteiger partial charge in [0.25, 0.3) is 0 Å². The quantitative estimate of drug-likeness (QED) is 0.321. The maximum Gasteiger partial charge on any atom is 0.190 e. The molecule has 0 bridgehead atoms. The fraction of sp³-hybridized carbons (Fsp3) is 0.720. The Kier molecular flexibility index (Phi) is 9.94. The van der Waals surface area contributed by atoms with Gasteiger partial charge in [0.05, 0.1) is 0 Å². The second-order valence-corrected chi connectivity index (χ2v) is 9.17. The number of aliphatic imine (C=N–C) groups is 1. The third-order valence-electron chi connectivity index (χ3n) is 7.04. The summed E-state index contributed by atoms with van der Waals surface area (Å²) in [5, 5.41) is 7.10. The highest BCUT2D eigenvalue weighted by atomic mass is 16.5. The van der Waals surface area contributed by atoms with Gasteiger partial charge in [-0.25, -0.2) is 0 Å². The molecule has 2 aliphatic rings. The zero-order valence-electron chi connectivity index (χ0n) is 19.7. The number of methoxy groups -OCH3 is 1. The maximum atomic E-state index is 5.35. The summed E-state index contributed by atoms with van der Waals surface area (Å²) >= 11 is 0. The summed E-state index contributed by atoms with van der Waals surface area (Å²) in [4.78, 5) is 9.53. The summed E-state index contributed by atoms with van der Waals surface area (Å²) in [6.45, 7) is 8.61. The first-order valence-electron chi connectivity index (χ1n) is 12.2. The van der Waals surface area contributed by atoms with Crippen LogP contribution in [0.4, 0.5) is 5.69 Å². The van der Waals surface area contributed by atoms with Crippen LogP contribution in [-0.4, -0.2) is 77.4 Å². The summed E-state index contributed by atoms with van der Waals surface area (Å²) in [5.74, 6) is 0.945. The molecule has 1 aliphatic carbocycles. The highest BCUT2D eigenvalue weighted by Gasteiger charge is 2.33. The smallest absolute Gasteiger partial charge is 0.190 e. The molecule has 1 saturated heterocycles. The fourth-order valence-electron chi connectivity index (χ4n) is 4.99. The number of ether oxygens (including phenoxy) is 1. The van der Waals surface area contributed by atoms with Crippen LogP contribution in [0.25, 0.3) is 0 Å². The maximum absolute atomic E-state index is 5.35. The lowest BCUT2D eigenvalue weighted by Crippen LogP contribution is -2.46. The van der Waals surface area contributed by atoms with E-state index in [1.165, 1.54) is 50.8 Å². The van der Waals surface area contributed by atoms with Crippen LogP contribution in [0.3, 0.4) is 0 Å². The van der Waals surface area contributed by atoms with Gasteiger partial charge in [0.2, 0.25) is 0 Å². The molecule has 0 radical (unpaired) electrons. The van der Waals surface area contributed by atoms with E-state index >= 15 is 0 Å². The lowest BCUT2D eigenvalue weighted by atomic mass is 9.83. The fourth-order valence-corrected chi connectivity index (χ4v) is 4.99. The van der Waals surface area contributed by atoms with Crippen molar-refractivity contribution in [3.05, 3.63) is 30.3 Å². The molecule has 0 unspecified atom stereocenters. The van der Waals surface area contributed by atoms with Crippen molar-refractivity contribution in [3.63, 3.8) is 0 Å². The summed E-state index contributed by atoms with van der Waals surface area (Å²) in [6.07, 6.45) is 8.84. The Morgan fingerprint density at radius 1 is 1.03 bits per heavy atom. The number of piperazine rings is 1. The minimum Gasteiger partial charge on any atom is -0.385 e. The van der Waals surface area contributed by atoms with Crippen molar-refractivity contribution in [2.75, 3.05) is 71.5 Å². The largest absolute Gasteiger partial charge is 0.385 e. The Hall–Kier alpha value is -1.79. The lowest BCUT2D eigenvalue weighted by Gasteiger charge is -2.36. The lowest BCUT2D eigenvalue weighted by molar-refractivity contribution is 0.138. The first-order chi connectivity index (χ1) is 15.2. The zero-order chi connectivity index (χ0) is 21.8. The number of unbranched alkanes of at least 4 members (excludes halogenated alkanes) is 1. The van der Waals surface area contributed by atoms with Crippen LogP contribution in [0.15, 0.2) is 35.3 Å². The van der Waals surface area contributed by atoms with Crippen molar-refractivity contribution >= 4 is 11.6 Å². The van der Waals surface area contributed by atoms with Crippen LogP contribution in [-0.2, 0) is 4.74 Å². The van der Waals surface area contributed by atoms with Gasteiger partial charge in [0.15, 0.2) is 5.96 Å². The van der Waals surface area contributed by atoms with E-state index in [1.807, 2.05) is 7.05 Å². The number of guanidine groups is 1. The Balaban J connectivity index is 1.27. The van der Waals surface area contributed by atoms with Crippen molar-refractivity contribution in [1.82, 2.24) is 15.5 Å². The second-order valence-electron chi connectivity index (χ2n) is 9.17. The van der Waals surface area contributed by atoms with Crippen molar-refractivity contribution in [1.29, 1.82) is 0 Å². The SMILES string of the molecule is CN=C(NCCCCN1CCN(c2ccccc2)CC1)NCC1(CCOC)CCCC1. The molecular formula is C25H43N5O. The van der Waals surface area contributed by atoms with Crippen LogP contribution in [0.5, 0.6) is 0 Å². The molecule has 1 aromatic carbocycles. The predicted molar refractivity (Wildman–Crippen MR) is 131 cm³/mol. The number of nitrogens with zero attached hydrogens (tertiary/aromatic N) is 3. The van der Waals surface area contributed by atoms with Gasteiger partial charge in [0, 0.05) is 65.7 Å². The Labute approximate surface area is 189 Å². The van der Waals surface area contributed by atoms with E-state index < -0.39 is 0 Å². The molecule has 1 heterocycles.